The normalized spacial score (nSPS) is 10.7. The maximum Gasteiger partial charge on any atom is 0.185 e. The lowest BCUT2D eigenvalue weighted by molar-refractivity contribution is 0.104. The van der Waals surface area contributed by atoms with Gasteiger partial charge in [0.15, 0.2) is 17.3 Å². The molecule has 0 bridgehead atoms. The monoisotopic (exact) mass is 418 g/mol. The number of benzene rings is 3. The summed E-state index contributed by atoms with van der Waals surface area (Å²) in [6.07, 6.45) is 3.31. The third kappa shape index (κ3) is 5.66. The first-order chi connectivity index (χ1) is 15.0. The highest BCUT2D eigenvalue weighted by molar-refractivity contribution is 6.07. The van der Waals surface area contributed by atoms with Gasteiger partial charge in [0.2, 0.25) is 0 Å². The molecule has 3 aromatic rings. The Kier molecular flexibility index (Phi) is 7.33. The van der Waals surface area contributed by atoms with Crippen LogP contribution in [0.2, 0.25) is 0 Å². The topological polar surface area (TPSA) is 54.0 Å². The highest BCUT2D eigenvalue weighted by Gasteiger charge is 2.09. The second-order valence-electron chi connectivity index (χ2n) is 6.94. The van der Waals surface area contributed by atoms with Crippen LogP contribution < -0.4 is 18.9 Å². The van der Waals surface area contributed by atoms with Gasteiger partial charge in [-0.2, -0.15) is 0 Å². The van der Waals surface area contributed by atoms with Crippen molar-refractivity contribution in [1.82, 2.24) is 0 Å². The molecule has 3 aromatic carbocycles. The Morgan fingerprint density at radius 1 is 0.806 bits per heavy atom. The van der Waals surface area contributed by atoms with E-state index in [2.05, 4.69) is 0 Å². The predicted molar refractivity (Wildman–Crippen MR) is 121 cm³/mol. The summed E-state index contributed by atoms with van der Waals surface area (Å²) in [7, 11) is 4.73. The lowest BCUT2D eigenvalue weighted by atomic mass is 10.1. The summed E-state index contributed by atoms with van der Waals surface area (Å²) >= 11 is 0. The van der Waals surface area contributed by atoms with Gasteiger partial charge in [0.05, 0.1) is 21.3 Å². The fourth-order valence-electron chi connectivity index (χ4n) is 3.07. The highest BCUT2D eigenvalue weighted by Crippen LogP contribution is 2.28. The zero-order chi connectivity index (χ0) is 22.2. The van der Waals surface area contributed by atoms with E-state index in [0.717, 1.165) is 22.6 Å². The van der Waals surface area contributed by atoms with E-state index < -0.39 is 0 Å². The van der Waals surface area contributed by atoms with E-state index in [9.17, 15) is 4.79 Å². The Morgan fingerprint density at radius 3 is 2.16 bits per heavy atom. The lowest BCUT2D eigenvalue weighted by Gasteiger charge is -2.11. The predicted octanol–water partition coefficient (Wildman–Crippen LogP) is 5.50. The molecule has 5 nitrogen and oxygen atoms in total. The molecule has 0 heterocycles. The molecule has 0 saturated heterocycles. The summed E-state index contributed by atoms with van der Waals surface area (Å²) in [5.41, 5.74) is 3.46. The Bertz CT molecular complexity index is 1070. The zero-order valence-corrected chi connectivity index (χ0v) is 18.2. The van der Waals surface area contributed by atoms with E-state index in [-0.39, 0.29) is 5.78 Å². The third-order valence-corrected chi connectivity index (χ3v) is 4.81. The smallest absolute Gasteiger partial charge is 0.185 e. The average molecular weight is 418 g/mol. The molecule has 31 heavy (non-hydrogen) atoms. The molecular weight excluding hydrogens is 392 g/mol. The Morgan fingerprint density at radius 2 is 1.48 bits per heavy atom. The number of hydrogen-bond acceptors (Lipinski definition) is 5. The first-order valence-corrected chi connectivity index (χ1v) is 9.85. The number of rotatable bonds is 9. The van der Waals surface area contributed by atoms with Crippen LogP contribution in [0.25, 0.3) is 6.08 Å². The molecule has 0 atom stereocenters. The maximum absolute atomic E-state index is 12.6. The average Bonchev–Trinajstić information content (AvgIpc) is 2.81. The van der Waals surface area contributed by atoms with Crippen LogP contribution in [-0.4, -0.2) is 27.1 Å². The van der Waals surface area contributed by atoms with Crippen molar-refractivity contribution >= 4 is 11.9 Å². The standard InChI is InChI=1S/C26H26O5/c1-18-5-10-22(11-6-18)31-17-21-15-19(8-13-24(21)28-2)7-12-23(27)20-9-14-25(29-3)26(16-20)30-4/h5-16H,17H2,1-4H3/b12-7+. The lowest BCUT2D eigenvalue weighted by Crippen LogP contribution is -2.00. The SMILES string of the molecule is COc1ccc(/C=C/C(=O)c2ccc(OC)c(OC)c2)cc1COc1ccc(C)cc1. The fourth-order valence-corrected chi connectivity index (χ4v) is 3.07. The van der Waals surface area contributed by atoms with Crippen LogP contribution >= 0.6 is 0 Å². The first-order valence-electron chi connectivity index (χ1n) is 9.85. The van der Waals surface area contributed by atoms with Crippen molar-refractivity contribution in [3.63, 3.8) is 0 Å². The van der Waals surface area contributed by atoms with Gasteiger partial charge in [-0.15, -0.1) is 0 Å². The van der Waals surface area contributed by atoms with Gasteiger partial charge in [0.1, 0.15) is 18.1 Å². The molecule has 0 unspecified atom stereocenters. The van der Waals surface area contributed by atoms with Gasteiger partial charge in [-0.1, -0.05) is 29.8 Å². The molecule has 0 saturated carbocycles. The van der Waals surface area contributed by atoms with Gasteiger partial charge >= 0.3 is 0 Å². The highest BCUT2D eigenvalue weighted by atomic mass is 16.5. The molecule has 0 N–H and O–H groups in total. The Balaban J connectivity index is 1.75. The summed E-state index contributed by atoms with van der Waals surface area (Å²) in [4.78, 5) is 12.6. The second-order valence-corrected chi connectivity index (χ2v) is 6.94. The minimum Gasteiger partial charge on any atom is -0.496 e. The van der Waals surface area contributed by atoms with Crippen molar-refractivity contribution in [3.8, 4) is 23.0 Å². The summed E-state index contributed by atoms with van der Waals surface area (Å²) in [5, 5.41) is 0. The van der Waals surface area contributed by atoms with Gasteiger partial charge in [-0.25, -0.2) is 0 Å². The molecule has 0 aliphatic rings. The number of ether oxygens (including phenoxy) is 4. The van der Waals surface area contributed by atoms with Crippen molar-refractivity contribution in [2.75, 3.05) is 21.3 Å². The number of aryl methyl sites for hydroxylation is 1. The van der Waals surface area contributed by atoms with Crippen LogP contribution in [0, 0.1) is 6.92 Å². The number of hydrogen-bond donors (Lipinski definition) is 0. The molecule has 0 radical (unpaired) electrons. The van der Waals surface area contributed by atoms with Crippen molar-refractivity contribution in [2.45, 2.75) is 13.5 Å². The molecule has 0 aliphatic heterocycles. The van der Waals surface area contributed by atoms with Crippen molar-refractivity contribution < 1.29 is 23.7 Å². The maximum atomic E-state index is 12.6. The third-order valence-electron chi connectivity index (χ3n) is 4.81. The second kappa shape index (κ2) is 10.3. The molecule has 0 spiro atoms. The van der Waals surface area contributed by atoms with E-state index >= 15 is 0 Å². The van der Waals surface area contributed by atoms with E-state index in [4.69, 9.17) is 18.9 Å². The Hall–Kier alpha value is -3.73. The van der Waals surface area contributed by atoms with Gasteiger partial charge in [0.25, 0.3) is 0 Å². The first kappa shape index (κ1) is 22.0. The molecule has 0 amide bonds. The molecule has 0 aliphatic carbocycles. The summed E-state index contributed by atoms with van der Waals surface area (Å²) in [6.45, 7) is 2.39. The van der Waals surface area contributed by atoms with Crippen molar-refractivity contribution in [2.24, 2.45) is 0 Å². The minimum absolute atomic E-state index is 0.130. The largest absolute Gasteiger partial charge is 0.496 e. The number of carbonyl (C=O) groups is 1. The summed E-state index contributed by atoms with van der Waals surface area (Å²) in [6, 6.07) is 18.7. The van der Waals surface area contributed by atoms with Crippen LogP contribution in [0.1, 0.15) is 27.0 Å². The molecule has 3 rings (SSSR count). The molecule has 5 heteroatoms. The fraction of sp³-hybridized carbons (Fsp3) is 0.192. The van der Waals surface area contributed by atoms with Crippen LogP contribution in [0.4, 0.5) is 0 Å². The molecule has 160 valence electrons. The number of ketones is 1. The van der Waals surface area contributed by atoms with E-state index in [1.54, 1.807) is 45.6 Å². The van der Waals surface area contributed by atoms with Crippen LogP contribution in [0.15, 0.2) is 66.7 Å². The van der Waals surface area contributed by atoms with Gasteiger partial charge < -0.3 is 18.9 Å². The van der Waals surface area contributed by atoms with Crippen LogP contribution in [0.3, 0.4) is 0 Å². The minimum atomic E-state index is -0.130. The number of carbonyl (C=O) groups excluding carboxylic acids is 1. The quantitative estimate of drug-likeness (QED) is 0.339. The summed E-state index contributed by atoms with van der Waals surface area (Å²) in [5.74, 6) is 2.49. The van der Waals surface area contributed by atoms with Crippen LogP contribution in [-0.2, 0) is 6.61 Å². The number of allylic oxidation sites excluding steroid dienone is 1. The van der Waals surface area contributed by atoms with Gasteiger partial charge in [-0.3, -0.25) is 4.79 Å². The van der Waals surface area contributed by atoms with Crippen LogP contribution in [0.5, 0.6) is 23.0 Å². The van der Waals surface area contributed by atoms with E-state index in [0.29, 0.717) is 23.7 Å². The van der Waals surface area contributed by atoms with Gasteiger partial charge in [-0.05, 0) is 61.0 Å². The molecular formula is C26H26O5. The summed E-state index contributed by atoms with van der Waals surface area (Å²) < 4.78 is 21.8. The van der Waals surface area contributed by atoms with E-state index in [1.807, 2.05) is 49.4 Å². The molecule has 0 fully saturated rings. The number of methoxy groups -OCH3 is 3. The zero-order valence-electron chi connectivity index (χ0n) is 18.2. The Labute approximate surface area is 182 Å². The van der Waals surface area contributed by atoms with Crippen molar-refractivity contribution in [1.29, 1.82) is 0 Å². The van der Waals surface area contributed by atoms with Crippen molar-refractivity contribution in [3.05, 3.63) is 89.0 Å². The van der Waals surface area contributed by atoms with E-state index in [1.165, 1.54) is 11.6 Å². The molecule has 0 aromatic heterocycles. The van der Waals surface area contributed by atoms with Gasteiger partial charge in [0, 0.05) is 11.1 Å².